The average Bonchev–Trinajstić information content (AvgIpc) is 2.97. The minimum absolute atomic E-state index is 0.263. The molecule has 0 spiro atoms. The fraction of sp³-hybridized carbons (Fsp3) is 0.714. The van der Waals surface area contributed by atoms with Gasteiger partial charge in [-0.25, -0.2) is 0 Å². The Morgan fingerprint density at radius 3 is 2.76 bits per heavy atom. The smallest absolute Gasteiger partial charge is 0.0115 e. The lowest BCUT2D eigenvalue weighted by Gasteiger charge is -2.24. The van der Waals surface area contributed by atoms with Crippen LogP contribution in [0, 0.1) is 0 Å². The van der Waals surface area contributed by atoms with E-state index in [1.165, 1.54) is 37.4 Å². The predicted molar refractivity (Wildman–Crippen MR) is 75.9 cm³/mol. The Bertz CT molecular complexity index is 313. The minimum atomic E-state index is 0.263. The van der Waals surface area contributed by atoms with Crippen LogP contribution in [0.4, 0.5) is 0 Å². The highest BCUT2D eigenvalue weighted by atomic mass is 32.1. The first-order valence-corrected chi connectivity index (χ1v) is 7.53. The fourth-order valence-electron chi connectivity index (χ4n) is 2.40. The SMILES string of the molecule is CC(C)(CNCCN1CCCC1)c1cccs1. The summed E-state index contributed by atoms with van der Waals surface area (Å²) in [6, 6.07) is 4.39. The Hall–Kier alpha value is -0.380. The van der Waals surface area contributed by atoms with E-state index in [0.29, 0.717) is 0 Å². The number of hydrogen-bond acceptors (Lipinski definition) is 3. The molecule has 0 aliphatic carbocycles. The average molecular weight is 252 g/mol. The maximum atomic E-state index is 3.61. The molecule has 0 atom stereocenters. The van der Waals surface area contributed by atoms with Gasteiger partial charge in [0.25, 0.3) is 0 Å². The van der Waals surface area contributed by atoms with Gasteiger partial charge in [0.1, 0.15) is 0 Å². The Labute approximate surface area is 109 Å². The molecule has 1 saturated heterocycles. The van der Waals surface area contributed by atoms with Crippen molar-refractivity contribution in [1.82, 2.24) is 10.2 Å². The van der Waals surface area contributed by atoms with E-state index in [4.69, 9.17) is 0 Å². The first kappa shape index (κ1) is 13.1. The van der Waals surface area contributed by atoms with Crippen LogP contribution in [0.2, 0.25) is 0 Å². The number of rotatable bonds is 6. The van der Waals surface area contributed by atoms with Crippen LogP contribution in [0.5, 0.6) is 0 Å². The van der Waals surface area contributed by atoms with Gasteiger partial charge >= 0.3 is 0 Å². The molecule has 1 aromatic rings. The van der Waals surface area contributed by atoms with Gasteiger partial charge < -0.3 is 10.2 Å². The molecule has 2 nitrogen and oxygen atoms in total. The molecule has 96 valence electrons. The lowest BCUT2D eigenvalue weighted by Crippen LogP contribution is -2.37. The Morgan fingerprint density at radius 1 is 1.35 bits per heavy atom. The maximum Gasteiger partial charge on any atom is 0.0115 e. The van der Waals surface area contributed by atoms with Crippen molar-refractivity contribution in [3.63, 3.8) is 0 Å². The van der Waals surface area contributed by atoms with Gasteiger partial charge in [0.2, 0.25) is 0 Å². The fourth-order valence-corrected chi connectivity index (χ4v) is 3.25. The highest BCUT2D eigenvalue weighted by Gasteiger charge is 2.21. The molecule has 1 N–H and O–H groups in total. The molecule has 3 heteroatoms. The van der Waals surface area contributed by atoms with Crippen molar-refractivity contribution in [2.45, 2.75) is 32.1 Å². The molecular weight excluding hydrogens is 228 g/mol. The first-order chi connectivity index (χ1) is 8.18. The number of nitrogens with one attached hydrogen (secondary N) is 1. The van der Waals surface area contributed by atoms with E-state index in [1.807, 2.05) is 11.3 Å². The second kappa shape index (κ2) is 5.98. The lowest BCUT2D eigenvalue weighted by molar-refractivity contribution is 0.329. The predicted octanol–water partition coefficient (Wildman–Crippen LogP) is 2.71. The topological polar surface area (TPSA) is 15.3 Å². The zero-order chi connectivity index (χ0) is 12.1. The van der Waals surface area contributed by atoms with Crippen molar-refractivity contribution in [3.05, 3.63) is 22.4 Å². The Kier molecular flexibility index (Phi) is 4.60. The highest BCUT2D eigenvalue weighted by Crippen LogP contribution is 2.26. The van der Waals surface area contributed by atoms with Crippen LogP contribution in [0.3, 0.4) is 0 Å². The molecule has 1 fully saturated rings. The van der Waals surface area contributed by atoms with E-state index in [-0.39, 0.29) is 5.41 Å². The third kappa shape index (κ3) is 3.80. The standard InChI is InChI=1S/C14H24N2S/c1-14(2,13-6-5-11-17-13)12-15-7-10-16-8-3-4-9-16/h5-6,11,15H,3-4,7-10,12H2,1-2H3. The van der Waals surface area contributed by atoms with Gasteiger partial charge in [0, 0.05) is 29.9 Å². The Balaban J connectivity index is 1.67. The second-order valence-electron chi connectivity index (χ2n) is 5.59. The molecule has 1 aliphatic rings. The highest BCUT2D eigenvalue weighted by molar-refractivity contribution is 7.10. The summed E-state index contributed by atoms with van der Waals surface area (Å²) in [5.74, 6) is 0. The van der Waals surface area contributed by atoms with E-state index < -0.39 is 0 Å². The third-order valence-electron chi connectivity index (χ3n) is 3.56. The molecular formula is C14H24N2S. The van der Waals surface area contributed by atoms with Crippen molar-refractivity contribution in [1.29, 1.82) is 0 Å². The van der Waals surface area contributed by atoms with Crippen LogP contribution in [0.25, 0.3) is 0 Å². The normalized spacial score (nSPS) is 17.8. The zero-order valence-corrected chi connectivity index (χ0v) is 11.9. The van der Waals surface area contributed by atoms with E-state index >= 15 is 0 Å². The molecule has 1 aliphatic heterocycles. The van der Waals surface area contributed by atoms with Crippen molar-refractivity contribution in [2.75, 3.05) is 32.7 Å². The molecule has 2 heterocycles. The zero-order valence-electron chi connectivity index (χ0n) is 11.0. The first-order valence-electron chi connectivity index (χ1n) is 6.65. The van der Waals surface area contributed by atoms with Gasteiger partial charge in [-0.05, 0) is 37.4 Å². The van der Waals surface area contributed by atoms with E-state index in [2.05, 4.69) is 41.6 Å². The van der Waals surface area contributed by atoms with Crippen LogP contribution in [0.15, 0.2) is 17.5 Å². The molecule has 1 aromatic heterocycles. The van der Waals surface area contributed by atoms with Crippen LogP contribution in [-0.4, -0.2) is 37.6 Å². The molecule has 17 heavy (non-hydrogen) atoms. The molecule has 2 rings (SSSR count). The number of thiophene rings is 1. The summed E-state index contributed by atoms with van der Waals surface area (Å²) < 4.78 is 0. The van der Waals surface area contributed by atoms with Crippen molar-refractivity contribution >= 4 is 11.3 Å². The lowest BCUT2D eigenvalue weighted by atomic mass is 9.91. The van der Waals surface area contributed by atoms with Gasteiger partial charge in [-0.3, -0.25) is 0 Å². The third-order valence-corrected chi connectivity index (χ3v) is 4.79. The Morgan fingerprint density at radius 2 is 2.12 bits per heavy atom. The van der Waals surface area contributed by atoms with Crippen molar-refractivity contribution in [2.24, 2.45) is 0 Å². The summed E-state index contributed by atoms with van der Waals surface area (Å²) >= 11 is 1.86. The van der Waals surface area contributed by atoms with Gasteiger partial charge in [-0.1, -0.05) is 19.9 Å². The summed E-state index contributed by atoms with van der Waals surface area (Å²) in [5, 5.41) is 5.77. The molecule has 0 bridgehead atoms. The quantitative estimate of drug-likeness (QED) is 0.783. The summed E-state index contributed by atoms with van der Waals surface area (Å²) in [6.45, 7) is 10.6. The number of nitrogens with zero attached hydrogens (tertiary/aromatic N) is 1. The molecule has 0 saturated carbocycles. The van der Waals surface area contributed by atoms with Crippen molar-refractivity contribution in [3.8, 4) is 0 Å². The van der Waals surface area contributed by atoms with Crippen LogP contribution >= 0.6 is 11.3 Å². The van der Waals surface area contributed by atoms with Crippen LogP contribution < -0.4 is 5.32 Å². The molecule has 0 unspecified atom stereocenters. The second-order valence-corrected chi connectivity index (χ2v) is 6.53. The van der Waals surface area contributed by atoms with E-state index in [0.717, 1.165) is 13.1 Å². The minimum Gasteiger partial charge on any atom is -0.315 e. The molecule has 0 radical (unpaired) electrons. The van der Waals surface area contributed by atoms with Crippen LogP contribution in [0.1, 0.15) is 31.6 Å². The summed E-state index contributed by atoms with van der Waals surface area (Å²) in [7, 11) is 0. The molecule has 0 aromatic carbocycles. The van der Waals surface area contributed by atoms with Gasteiger partial charge in [0.05, 0.1) is 0 Å². The largest absolute Gasteiger partial charge is 0.315 e. The summed E-state index contributed by atoms with van der Waals surface area (Å²) in [5.41, 5.74) is 0.263. The van der Waals surface area contributed by atoms with Crippen molar-refractivity contribution < 1.29 is 0 Å². The monoisotopic (exact) mass is 252 g/mol. The number of hydrogen-bond donors (Lipinski definition) is 1. The van der Waals surface area contributed by atoms with Gasteiger partial charge in [-0.15, -0.1) is 11.3 Å². The maximum absolute atomic E-state index is 3.61. The summed E-state index contributed by atoms with van der Waals surface area (Å²) in [6.07, 6.45) is 2.78. The van der Waals surface area contributed by atoms with E-state index in [9.17, 15) is 0 Å². The van der Waals surface area contributed by atoms with E-state index in [1.54, 1.807) is 0 Å². The van der Waals surface area contributed by atoms with Gasteiger partial charge in [-0.2, -0.15) is 0 Å². The molecule has 0 amide bonds. The summed E-state index contributed by atoms with van der Waals surface area (Å²) in [4.78, 5) is 4.04. The van der Waals surface area contributed by atoms with Gasteiger partial charge in [0.15, 0.2) is 0 Å². The number of likely N-dealkylation sites (tertiary alicyclic amines) is 1. The van der Waals surface area contributed by atoms with Crippen LogP contribution in [-0.2, 0) is 5.41 Å².